The first-order valence-electron chi connectivity index (χ1n) is 5.31. The van der Waals surface area contributed by atoms with E-state index in [4.69, 9.17) is 5.11 Å². The summed E-state index contributed by atoms with van der Waals surface area (Å²) in [5.41, 5.74) is -1.46. The molecule has 0 unspecified atom stereocenters. The lowest BCUT2D eigenvalue weighted by atomic mass is 10.3. The third kappa shape index (κ3) is 2.91. The number of H-pyrrole nitrogens is 1. The summed E-state index contributed by atoms with van der Waals surface area (Å²) in [6, 6.07) is 1.33. The molecule has 2 aromatic rings. The van der Waals surface area contributed by atoms with Gasteiger partial charge in [0, 0.05) is 12.7 Å². The van der Waals surface area contributed by atoms with Crippen molar-refractivity contribution < 1.29 is 9.90 Å². The summed E-state index contributed by atoms with van der Waals surface area (Å²) >= 11 is 0.879. The molecular formula is C10H9N5O4S. The Morgan fingerprint density at radius 1 is 1.35 bits per heavy atom. The minimum atomic E-state index is -1.18. The van der Waals surface area contributed by atoms with Crippen LogP contribution in [0.5, 0.6) is 0 Å². The van der Waals surface area contributed by atoms with Gasteiger partial charge >= 0.3 is 17.1 Å². The minimum absolute atomic E-state index is 0.122. The van der Waals surface area contributed by atoms with E-state index in [0.29, 0.717) is 5.69 Å². The third-order valence-electron chi connectivity index (χ3n) is 2.18. The molecule has 0 aromatic carbocycles. The van der Waals surface area contributed by atoms with E-state index in [-0.39, 0.29) is 16.0 Å². The first-order valence-corrected chi connectivity index (χ1v) is 6.12. The Labute approximate surface area is 115 Å². The fourth-order valence-corrected chi connectivity index (χ4v) is 2.14. The van der Waals surface area contributed by atoms with Crippen LogP contribution in [0, 0.1) is 6.92 Å². The molecule has 2 N–H and O–H groups in total. The van der Waals surface area contributed by atoms with E-state index in [9.17, 15) is 14.4 Å². The number of aryl methyl sites for hydroxylation is 2. The number of carbonyl (C=O) groups is 1. The van der Waals surface area contributed by atoms with Crippen molar-refractivity contribution in [3.63, 3.8) is 0 Å². The number of hydrogen-bond donors (Lipinski definition) is 2. The SMILES string of the molecule is Cc1cc(C(=O)O)nc(Sc2nc(=O)c(=O)[nH]n2C)n1. The fraction of sp³-hybridized carbons (Fsp3) is 0.200. The molecule has 0 radical (unpaired) electrons. The summed E-state index contributed by atoms with van der Waals surface area (Å²) < 4.78 is 1.24. The van der Waals surface area contributed by atoms with E-state index >= 15 is 0 Å². The van der Waals surface area contributed by atoms with Crippen LogP contribution in [0.25, 0.3) is 0 Å². The quantitative estimate of drug-likeness (QED) is 0.567. The number of hydrogen-bond acceptors (Lipinski definition) is 7. The first kappa shape index (κ1) is 13.9. The Morgan fingerprint density at radius 2 is 2.05 bits per heavy atom. The maximum absolute atomic E-state index is 11.2. The van der Waals surface area contributed by atoms with Crippen LogP contribution in [0.2, 0.25) is 0 Å². The molecule has 0 spiro atoms. The molecule has 0 amide bonds. The highest BCUT2D eigenvalue weighted by Crippen LogP contribution is 2.20. The maximum Gasteiger partial charge on any atom is 0.354 e. The van der Waals surface area contributed by atoms with Crippen LogP contribution in [0.3, 0.4) is 0 Å². The van der Waals surface area contributed by atoms with Crippen LogP contribution in [0.1, 0.15) is 16.2 Å². The van der Waals surface area contributed by atoms with Crippen molar-refractivity contribution in [1.82, 2.24) is 24.7 Å². The molecule has 0 atom stereocenters. The van der Waals surface area contributed by atoms with Crippen molar-refractivity contribution in [2.45, 2.75) is 17.2 Å². The number of carboxylic acid groups (broad SMARTS) is 1. The lowest BCUT2D eigenvalue weighted by Gasteiger charge is -2.05. The fourth-order valence-electron chi connectivity index (χ4n) is 1.33. The van der Waals surface area contributed by atoms with Crippen LogP contribution in [0.15, 0.2) is 26.0 Å². The van der Waals surface area contributed by atoms with Gasteiger partial charge in [0.15, 0.2) is 16.0 Å². The van der Waals surface area contributed by atoms with Gasteiger partial charge in [-0.15, -0.1) is 0 Å². The highest BCUT2D eigenvalue weighted by Gasteiger charge is 2.12. The van der Waals surface area contributed by atoms with E-state index in [2.05, 4.69) is 20.1 Å². The number of nitrogens with one attached hydrogen (secondary N) is 1. The zero-order chi connectivity index (χ0) is 14.9. The molecule has 20 heavy (non-hydrogen) atoms. The van der Waals surface area contributed by atoms with Crippen molar-refractivity contribution in [2.24, 2.45) is 7.05 Å². The van der Waals surface area contributed by atoms with Crippen LogP contribution < -0.4 is 11.1 Å². The molecule has 2 heterocycles. The molecular weight excluding hydrogens is 286 g/mol. The number of rotatable bonds is 3. The van der Waals surface area contributed by atoms with Crippen molar-refractivity contribution in [2.75, 3.05) is 0 Å². The lowest BCUT2D eigenvalue weighted by Crippen LogP contribution is -2.33. The Bertz CT molecular complexity index is 797. The predicted octanol–water partition coefficient (Wildman–Crippen LogP) is -0.584. The van der Waals surface area contributed by atoms with E-state index < -0.39 is 17.1 Å². The van der Waals surface area contributed by atoms with Gasteiger partial charge in [0.05, 0.1) is 0 Å². The number of aromatic amines is 1. The van der Waals surface area contributed by atoms with E-state index in [0.717, 1.165) is 11.8 Å². The Kier molecular flexibility index (Phi) is 3.66. The Morgan fingerprint density at radius 3 is 2.70 bits per heavy atom. The predicted molar refractivity (Wildman–Crippen MR) is 68.0 cm³/mol. The van der Waals surface area contributed by atoms with E-state index in [1.54, 1.807) is 6.92 Å². The number of aromatic nitrogens is 5. The van der Waals surface area contributed by atoms with Gasteiger partial charge in [-0.3, -0.25) is 19.4 Å². The summed E-state index contributed by atoms with van der Waals surface area (Å²) in [5.74, 6) is -1.18. The average Bonchev–Trinajstić information content (AvgIpc) is 2.35. The molecule has 0 aliphatic rings. The van der Waals surface area contributed by atoms with Gasteiger partial charge in [0.1, 0.15) is 0 Å². The normalized spacial score (nSPS) is 10.5. The molecule has 0 aliphatic carbocycles. The summed E-state index contributed by atoms with van der Waals surface area (Å²) in [7, 11) is 1.49. The van der Waals surface area contributed by atoms with Crippen molar-refractivity contribution in [3.05, 3.63) is 38.2 Å². The zero-order valence-corrected chi connectivity index (χ0v) is 11.3. The van der Waals surface area contributed by atoms with Crippen LogP contribution in [0.4, 0.5) is 0 Å². The van der Waals surface area contributed by atoms with Crippen LogP contribution >= 0.6 is 11.8 Å². The lowest BCUT2D eigenvalue weighted by molar-refractivity contribution is 0.0689. The average molecular weight is 295 g/mol. The molecule has 0 saturated heterocycles. The highest BCUT2D eigenvalue weighted by atomic mass is 32.2. The van der Waals surface area contributed by atoms with Crippen LogP contribution in [-0.4, -0.2) is 35.8 Å². The van der Waals surface area contributed by atoms with Gasteiger partial charge in [-0.25, -0.2) is 14.8 Å². The molecule has 0 fully saturated rings. The molecule has 0 saturated carbocycles. The van der Waals surface area contributed by atoms with E-state index in [1.807, 2.05) is 0 Å². The standard InChI is InChI=1S/C10H9N5O4S/c1-4-3-5(8(18)19)12-9(11-4)20-10-13-6(16)7(17)14-15(10)2/h3H,1-2H3,(H,14,17)(H,18,19). The molecule has 2 rings (SSSR count). The molecule has 0 aliphatic heterocycles. The largest absolute Gasteiger partial charge is 0.477 e. The Balaban J connectivity index is 2.45. The van der Waals surface area contributed by atoms with Gasteiger partial charge in [-0.2, -0.15) is 4.98 Å². The second kappa shape index (κ2) is 5.25. The van der Waals surface area contributed by atoms with Gasteiger partial charge in [0.2, 0.25) is 0 Å². The van der Waals surface area contributed by atoms with Crippen molar-refractivity contribution >= 4 is 17.7 Å². The number of aromatic carboxylic acids is 1. The third-order valence-corrected chi connectivity index (χ3v) is 3.10. The Hall–Kier alpha value is -2.49. The number of carboxylic acids is 1. The second-order valence-corrected chi connectivity index (χ2v) is 4.72. The monoisotopic (exact) mass is 295 g/mol. The second-order valence-electron chi connectivity index (χ2n) is 3.78. The van der Waals surface area contributed by atoms with Crippen LogP contribution in [-0.2, 0) is 7.05 Å². The number of nitrogens with zero attached hydrogens (tertiary/aromatic N) is 4. The molecule has 9 nitrogen and oxygen atoms in total. The van der Waals surface area contributed by atoms with Crippen molar-refractivity contribution in [1.29, 1.82) is 0 Å². The highest BCUT2D eigenvalue weighted by molar-refractivity contribution is 7.99. The van der Waals surface area contributed by atoms with Crippen molar-refractivity contribution in [3.8, 4) is 0 Å². The van der Waals surface area contributed by atoms with Gasteiger partial charge < -0.3 is 5.11 Å². The van der Waals surface area contributed by atoms with Gasteiger partial charge in [-0.1, -0.05) is 0 Å². The summed E-state index contributed by atoms with van der Waals surface area (Å²) in [5, 5.41) is 11.5. The topological polar surface area (TPSA) is 131 Å². The maximum atomic E-state index is 11.2. The smallest absolute Gasteiger partial charge is 0.354 e. The summed E-state index contributed by atoms with van der Waals surface area (Å²) in [4.78, 5) is 44.6. The molecule has 2 aromatic heterocycles. The molecule has 104 valence electrons. The zero-order valence-electron chi connectivity index (χ0n) is 10.4. The summed E-state index contributed by atoms with van der Waals surface area (Å²) in [6.07, 6.45) is 0. The minimum Gasteiger partial charge on any atom is -0.477 e. The van der Waals surface area contributed by atoms with Gasteiger partial charge in [0.25, 0.3) is 0 Å². The summed E-state index contributed by atoms with van der Waals surface area (Å²) in [6.45, 7) is 1.62. The van der Waals surface area contributed by atoms with Gasteiger partial charge in [-0.05, 0) is 24.8 Å². The molecule has 0 bridgehead atoms. The van der Waals surface area contributed by atoms with E-state index in [1.165, 1.54) is 17.8 Å². The first-order chi connectivity index (χ1) is 9.36. The molecule has 10 heteroatoms.